The average Bonchev–Trinajstić information content (AvgIpc) is 2.93. The van der Waals surface area contributed by atoms with Crippen LogP contribution in [-0.2, 0) is 11.3 Å². The van der Waals surface area contributed by atoms with Crippen molar-refractivity contribution in [3.63, 3.8) is 0 Å². The van der Waals surface area contributed by atoms with Crippen LogP contribution in [0.2, 0.25) is 0 Å². The lowest BCUT2D eigenvalue weighted by Crippen LogP contribution is -2.03. The SMILES string of the molecule is COCc1ccccc1C(O)c1cc2cccc(C)c2o1. The first-order chi connectivity index (χ1) is 10.2. The van der Waals surface area contributed by atoms with E-state index in [1.807, 2.05) is 55.5 Å². The number of methoxy groups -OCH3 is 1. The van der Waals surface area contributed by atoms with Crippen molar-refractivity contribution < 1.29 is 14.3 Å². The number of hydrogen-bond acceptors (Lipinski definition) is 3. The van der Waals surface area contributed by atoms with Crippen LogP contribution in [0.4, 0.5) is 0 Å². The van der Waals surface area contributed by atoms with Gasteiger partial charge in [-0.2, -0.15) is 0 Å². The predicted octanol–water partition coefficient (Wildman–Crippen LogP) is 3.97. The highest BCUT2D eigenvalue weighted by atomic mass is 16.5. The highest BCUT2D eigenvalue weighted by Crippen LogP contribution is 2.31. The fourth-order valence-corrected chi connectivity index (χ4v) is 2.60. The van der Waals surface area contributed by atoms with Gasteiger partial charge in [-0.05, 0) is 29.7 Å². The fraction of sp³-hybridized carbons (Fsp3) is 0.222. The zero-order valence-electron chi connectivity index (χ0n) is 12.2. The second kappa shape index (κ2) is 5.72. The third-order valence-corrected chi connectivity index (χ3v) is 3.68. The van der Waals surface area contributed by atoms with E-state index in [0.717, 1.165) is 27.7 Å². The van der Waals surface area contributed by atoms with Crippen LogP contribution < -0.4 is 0 Å². The van der Waals surface area contributed by atoms with Gasteiger partial charge in [-0.1, -0.05) is 42.5 Å². The van der Waals surface area contributed by atoms with Gasteiger partial charge in [0.25, 0.3) is 0 Å². The Hall–Kier alpha value is -2.10. The van der Waals surface area contributed by atoms with Crippen molar-refractivity contribution in [1.29, 1.82) is 0 Å². The Kier molecular flexibility index (Phi) is 3.78. The smallest absolute Gasteiger partial charge is 0.138 e. The number of benzene rings is 2. The molecule has 1 N–H and O–H groups in total. The Morgan fingerprint density at radius 2 is 1.95 bits per heavy atom. The highest BCUT2D eigenvalue weighted by Gasteiger charge is 2.18. The molecule has 3 rings (SSSR count). The van der Waals surface area contributed by atoms with Crippen LogP contribution in [-0.4, -0.2) is 12.2 Å². The normalized spacial score (nSPS) is 12.7. The molecule has 0 saturated heterocycles. The molecule has 1 atom stereocenters. The maximum Gasteiger partial charge on any atom is 0.138 e. The molecule has 0 amide bonds. The summed E-state index contributed by atoms with van der Waals surface area (Å²) in [5, 5.41) is 11.6. The molecular weight excluding hydrogens is 264 g/mol. The Bertz CT molecular complexity index is 758. The van der Waals surface area contributed by atoms with E-state index < -0.39 is 6.10 Å². The number of fused-ring (bicyclic) bond motifs is 1. The van der Waals surface area contributed by atoms with Gasteiger partial charge in [-0.25, -0.2) is 0 Å². The van der Waals surface area contributed by atoms with Crippen molar-refractivity contribution in [3.8, 4) is 0 Å². The van der Waals surface area contributed by atoms with E-state index in [1.54, 1.807) is 7.11 Å². The first kappa shape index (κ1) is 13.9. The zero-order valence-corrected chi connectivity index (χ0v) is 12.2. The second-order valence-corrected chi connectivity index (χ2v) is 5.18. The van der Waals surface area contributed by atoms with Gasteiger partial charge in [0.2, 0.25) is 0 Å². The monoisotopic (exact) mass is 282 g/mol. The van der Waals surface area contributed by atoms with E-state index in [1.165, 1.54) is 0 Å². The lowest BCUT2D eigenvalue weighted by Gasteiger charge is -2.13. The minimum atomic E-state index is -0.789. The molecule has 108 valence electrons. The summed E-state index contributed by atoms with van der Waals surface area (Å²) in [5.41, 5.74) is 3.67. The molecule has 0 aliphatic rings. The Morgan fingerprint density at radius 3 is 2.71 bits per heavy atom. The molecule has 0 aliphatic heterocycles. The van der Waals surface area contributed by atoms with Gasteiger partial charge < -0.3 is 14.3 Å². The maximum absolute atomic E-state index is 10.6. The maximum atomic E-state index is 10.6. The van der Waals surface area contributed by atoms with E-state index in [9.17, 15) is 5.11 Å². The van der Waals surface area contributed by atoms with Crippen LogP contribution in [0.5, 0.6) is 0 Å². The van der Waals surface area contributed by atoms with Crippen LogP contribution in [0.3, 0.4) is 0 Å². The van der Waals surface area contributed by atoms with Crippen molar-refractivity contribution in [2.24, 2.45) is 0 Å². The summed E-state index contributed by atoms with van der Waals surface area (Å²) in [6, 6.07) is 15.6. The summed E-state index contributed by atoms with van der Waals surface area (Å²) in [4.78, 5) is 0. The Morgan fingerprint density at radius 1 is 1.14 bits per heavy atom. The van der Waals surface area contributed by atoms with E-state index in [-0.39, 0.29) is 0 Å². The van der Waals surface area contributed by atoms with E-state index >= 15 is 0 Å². The molecule has 3 heteroatoms. The summed E-state index contributed by atoms with van der Waals surface area (Å²) in [7, 11) is 1.65. The van der Waals surface area contributed by atoms with Gasteiger partial charge in [0.15, 0.2) is 0 Å². The summed E-state index contributed by atoms with van der Waals surface area (Å²) in [6.45, 7) is 2.47. The van der Waals surface area contributed by atoms with E-state index in [0.29, 0.717) is 12.4 Å². The first-order valence-corrected chi connectivity index (χ1v) is 6.94. The lowest BCUT2D eigenvalue weighted by molar-refractivity contribution is 0.169. The minimum Gasteiger partial charge on any atom is -0.458 e. The van der Waals surface area contributed by atoms with Crippen LogP contribution in [0.15, 0.2) is 52.9 Å². The third-order valence-electron chi connectivity index (χ3n) is 3.68. The number of aliphatic hydroxyl groups is 1. The number of furan rings is 1. The number of rotatable bonds is 4. The predicted molar refractivity (Wildman–Crippen MR) is 82.2 cm³/mol. The third kappa shape index (κ3) is 2.58. The van der Waals surface area contributed by atoms with Gasteiger partial charge in [0.05, 0.1) is 6.61 Å². The van der Waals surface area contributed by atoms with E-state index in [2.05, 4.69) is 0 Å². The molecule has 1 unspecified atom stereocenters. The van der Waals surface area contributed by atoms with Crippen LogP contribution >= 0.6 is 0 Å². The molecular formula is C18H18O3. The van der Waals surface area contributed by atoms with Gasteiger partial charge in [-0.15, -0.1) is 0 Å². The van der Waals surface area contributed by atoms with Crippen LogP contribution in [0, 0.1) is 6.92 Å². The van der Waals surface area contributed by atoms with E-state index in [4.69, 9.17) is 9.15 Å². The molecule has 0 radical (unpaired) electrons. The van der Waals surface area contributed by atoms with Crippen molar-refractivity contribution >= 4 is 11.0 Å². The number of ether oxygens (including phenoxy) is 1. The van der Waals surface area contributed by atoms with Crippen molar-refractivity contribution in [1.82, 2.24) is 0 Å². The minimum absolute atomic E-state index is 0.465. The van der Waals surface area contributed by atoms with Gasteiger partial charge in [-0.3, -0.25) is 0 Å². The van der Waals surface area contributed by atoms with Crippen molar-refractivity contribution in [3.05, 3.63) is 71.0 Å². The molecule has 0 fully saturated rings. The topological polar surface area (TPSA) is 42.6 Å². The summed E-state index contributed by atoms with van der Waals surface area (Å²) >= 11 is 0. The lowest BCUT2D eigenvalue weighted by atomic mass is 10.0. The van der Waals surface area contributed by atoms with Crippen molar-refractivity contribution in [2.75, 3.05) is 7.11 Å². The molecule has 1 aromatic heterocycles. The molecule has 0 bridgehead atoms. The molecule has 0 saturated carbocycles. The van der Waals surface area contributed by atoms with Gasteiger partial charge >= 0.3 is 0 Å². The molecule has 21 heavy (non-hydrogen) atoms. The number of aliphatic hydroxyl groups excluding tert-OH is 1. The second-order valence-electron chi connectivity index (χ2n) is 5.18. The largest absolute Gasteiger partial charge is 0.458 e. The Balaban J connectivity index is 2.04. The molecule has 2 aromatic carbocycles. The van der Waals surface area contributed by atoms with Gasteiger partial charge in [0, 0.05) is 12.5 Å². The molecule has 0 aliphatic carbocycles. The molecule has 0 spiro atoms. The average molecular weight is 282 g/mol. The van der Waals surface area contributed by atoms with Crippen LogP contribution in [0.1, 0.15) is 28.6 Å². The first-order valence-electron chi connectivity index (χ1n) is 6.94. The number of hydrogen-bond donors (Lipinski definition) is 1. The number of para-hydroxylation sites is 1. The summed E-state index contributed by atoms with van der Waals surface area (Å²) in [6.07, 6.45) is -0.789. The summed E-state index contributed by atoms with van der Waals surface area (Å²) in [5.74, 6) is 0.558. The molecule has 3 nitrogen and oxygen atoms in total. The Labute approximate surface area is 123 Å². The molecule has 1 heterocycles. The number of aryl methyl sites for hydroxylation is 1. The fourth-order valence-electron chi connectivity index (χ4n) is 2.60. The van der Waals surface area contributed by atoms with Crippen molar-refractivity contribution in [2.45, 2.75) is 19.6 Å². The van der Waals surface area contributed by atoms with Crippen LogP contribution in [0.25, 0.3) is 11.0 Å². The zero-order chi connectivity index (χ0) is 14.8. The molecule has 3 aromatic rings. The van der Waals surface area contributed by atoms with Gasteiger partial charge in [0.1, 0.15) is 17.4 Å². The highest BCUT2D eigenvalue weighted by molar-refractivity contribution is 5.81. The quantitative estimate of drug-likeness (QED) is 0.787. The summed E-state index contributed by atoms with van der Waals surface area (Å²) < 4.78 is 11.0. The standard InChI is InChI=1S/C18H18O3/c1-12-6-5-8-13-10-16(21-18(12)13)17(19)15-9-4-3-7-14(15)11-20-2/h3-10,17,19H,11H2,1-2H3.